The lowest BCUT2D eigenvalue weighted by Gasteiger charge is -2.25. The molecule has 5 heteroatoms. The SMILES string of the molecule is CCNc1ccc(S(=O)(=O)N(C)C(C)CC(C)C)cc1. The van der Waals surface area contributed by atoms with Crippen LogP contribution in [0.25, 0.3) is 0 Å². The highest BCUT2D eigenvalue weighted by molar-refractivity contribution is 7.89. The molecule has 114 valence electrons. The number of rotatable bonds is 7. The van der Waals surface area contributed by atoms with E-state index in [0.29, 0.717) is 10.8 Å². The topological polar surface area (TPSA) is 49.4 Å². The van der Waals surface area contributed by atoms with Crippen LogP contribution in [0.4, 0.5) is 5.69 Å². The van der Waals surface area contributed by atoms with Gasteiger partial charge in [0.15, 0.2) is 0 Å². The highest BCUT2D eigenvalue weighted by atomic mass is 32.2. The highest BCUT2D eigenvalue weighted by Gasteiger charge is 2.25. The van der Waals surface area contributed by atoms with Crippen LogP contribution >= 0.6 is 0 Å². The smallest absolute Gasteiger partial charge is 0.243 e. The van der Waals surface area contributed by atoms with E-state index in [4.69, 9.17) is 0 Å². The molecule has 0 fully saturated rings. The molecule has 1 aromatic rings. The van der Waals surface area contributed by atoms with E-state index in [1.165, 1.54) is 4.31 Å². The number of hydrogen-bond donors (Lipinski definition) is 1. The van der Waals surface area contributed by atoms with Crippen molar-refractivity contribution in [3.05, 3.63) is 24.3 Å². The molecule has 0 saturated carbocycles. The number of nitrogens with one attached hydrogen (secondary N) is 1. The Morgan fingerprint density at radius 2 is 1.70 bits per heavy atom. The first-order valence-corrected chi connectivity index (χ1v) is 8.55. The van der Waals surface area contributed by atoms with Gasteiger partial charge in [-0.1, -0.05) is 13.8 Å². The number of hydrogen-bond acceptors (Lipinski definition) is 3. The van der Waals surface area contributed by atoms with Crippen LogP contribution in [0.3, 0.4) is 0 Å². The zero-order valence-corrected chi connectivity index (χ0v) is 13.9. The van der Waals surface area contributed by atoms with Gasteiger partial charge in [0.1, 0.15) is 0 Å². The van der Waals surface area contributed by atoms with Crippen LogP contribution in [0.1, 0.15) is 34.1 Å². The fourth-order valence-electron chi connectivity index (χ4n) is 2.18. The maximum atomic E-state index is 12.5. The summed E-state index contributed by atoms with van der Waals surface area (Å²) in [6.45, 7) is 8.97. The summed E-state index contributed by atoms with van der Waals surface area (Å²) in [5.41, 5.74) is 0.935. The minimum Gasteiger partial charge on any atom is -0.385 e. The maximum absolute atomic E-state index is 12.5. The average Bonchev–Trinajstić information content (AvgIpc) is 2.38. The van der Waals surface area contributed by atoms with Crippen LogP contribution in [-0.2, 0) is 10.0 Å². The Labute approximate surface area is 123 Å². The number of anilines is 1. The first kappa shape index (κ1) is 17.0. The van der Waals surface area contributed by atoms with Gasteiger partial charge in [0.05, 0.1) is 4.90 Å². The molecule has 0 aliphatic heterocycles. The molecule has 0 spiro atoms. The van der Waals surface area contributed by atoms with Crippen LogP contribution in [0, 0.1) is 5.92 Å². The summed E-state index contributed by atoms with van der Waals surface area (Å²) in [7, 11) is -1.76. The Hall–Kier alpha value is -1.07. The largest absolute Gasteiger partial charge is 0.385 e. The first-order chi connectivity index (χ1) is 9.28. The molecule has 0 saturated heterocycles. The second-order valence-electron chi connectivity index (χ2n) is 5.55. The van der Waals surface area contributed by atoms with Crippen molar-refractivity contribution in [3.63, 3.8) is 0 Å². The number of benzene rings is 1. The third kappa shape index (κ3) is 4.21. The van der Waals surface area contributed by atoms with Crippen molar-refractivity contribution in [1.29, 1.82) is 0 Å². The molecule has 4 nitrogen and oxygen atoms in total. The standard InChI is InChI=1S/C15H26N2O2S/c1-6-16-14-7-9-15(10-8-14)20(18,19)17(5)13(4)11-12(2)3/h7-10,12-13,16H,6,11H2,1-5H3. The zero-order chi connectivity index (χ0) is 15.3. The van der Waals surface area contributed by atoms with Gasteiger partial charge in [-0.05, 0) is 50.5 Å². The molecule has 1 unspecified atom stereocenters. The van der Waals surface area contributed by atoms with Gasteiger partial charge in [0.25, 0.3) is 0 Å². The van der Waals surface area contributed by atoms with E-state index in [-0.39, 0.29) is 6.04 Å². The van der Waals surface area contributed by atoms with E-state index < -0.39 is 10.0 Å². The maximum Gasteiger partial charge on any atom is 0.243 e. The summed E-state index contributed by atoms with van der Waals surface area (Å²) in [6, 6.07) is 6.92. The molecule has 0 amide bonds. The predicted molar refractivity (Wildman–Crippen MR) is 84.5 cm³/mol. The van der Waals surface area contributed by atoms with Crippen LogP contribution in [-0.4, -0.2) is 32.4 Å². The van der Waals surface area contributed by atoms with Gasteiger partial charge in [-0.15, -0.1) is 0 Å². The molecule has 1 atom stereocenters. The third-order valence-electron chi connectivity index (χ3n) is 3.35. The van der Waals surface area contributed by atoms with Crippen molar-refractivity contribution in [2.45, 2.75) is 45.1 Å². The Bertz CT molecular complexity index is 509. The molecule has 20 heavy (non-hydrogen) atoms. The first-order valence-electron chi connectivity index (χ1n) is 7.11. The molecule has 0 aliphatic carbocycles. The summed E-state index contributed by atoms with van der Waals surface area (Å²) in [6.07, 6.45) is 0.852. The minimum absolute atomic E-state index is 0.00607. The van der Waals surface area contributed by atoms with Crippen LogP contribution < -0.4 is 5.32 Å². The Balaban J connectivity index is 2.92. The van der Waals surface area contributed by atoms with Crippen molar-refractivity contribution in [1.82, 2.24) is 4.31 Å². The van der Waals surface area contributed by atoms with Gasteiger partial charge >= 0.3 is 0 Å². The summed E-state index contributed by atoms with van der Waals surface area (Å²) < 4.78 is 26.5. The van der Waals surface area contributed by atoms with Crippen molar-refractivity contribution in [2.24, 2.45) is 5.92 Å². The van der Waals surface area contributed by atoms with Gasteiger partial charge in [-0.25, -0.2) is 8.42 Å². The summed E-state index contributed by atoms with van der Waals surface area (Å²) in [5.74, 6) is 0.471. The van der Waals surface area contributed by atoms with Gasteiger partial charge in [-0.3, -0.25) is 0 Å². The van der Waals surface area contributed by atoms with Crippen LogP contribution in [0.15, 0.2) is 29.2 Å². The van der Waals surface area contributed by atoms with Crippen molar-refractivity contribution >= 4 is 15.7 Å². The molecule has 0 aromatic heterocycles. The fraction of sp³-hybridized carbons (Fsp3) is 0.600. The lowest BCUT2D eigenvalue weighted by atomic mass is 10.1. The highest BCUT2D eigenvalue weighted by Crippen LogP contribution is 2.21. The van der Waals surface area contributed by atoms with E-state index >= 15 is 0 Å². The molecular formula is C15H26N2O2S. The van der Waals surface area contributed by atoms with E-state index in [1.807, 2.05) is 13.8 Å². The van der Waals surface area contributed by atoms with Gasteiger partial charge in [0.2, 0.25) is 10.0 Å². The third-order valence-corrected chi connectivity index (χ3v) is 5.33. The number of sulfonamides is 1. The summed E-state index contributed by atoms with van der Waals surface area (Å²) in [5, 5.41) is 3.16. The molecule has 0 bridgehead atoms. The lowest BCUT2D eigenvalue weighted by molar-refractivity contribution is 0.338. The second kappa shape index (κ2) is 7.09. The number of nitrogens with zero attached hydrogens (tertiary/aromatic N) is 1. The molecule has 1 rings (SSSR count). The van der Waals surface area contributed by atoms with E-state index in [2.05, 4.69) is 19.2 Å². The molecule has 0 heterocycles. The molecule has 0 radical (unpaired) electrons. The van der Waals surface area contributed by atoms with Crippen molar-refractivity contribution in [2.75, 3.05) is 18.9 Å². The fourth-order valence-corrected chi connectivity index (χ4v) is 3.56. The lowest BCUT2D eigenvalue weighted by Crippen LogP contribution is -2.35. The normalized spacial score (nSPS) is 13.8. The quantitative estimate of drug-likeness (QED) is 0.841. The van der Waals surface area contributed by atoms with Crippen LogP contribution in [0.2, 0.25) is 0 Å². The minimum atomic E-state index is -3.41. The van der Waals surface area contributed by atoms with E-state index in [9.17, 15) is 8.42 Å². The summed E-state index contributed by atoms with van der Waals surface area (Å²) >= 11 is 0. The van der Waals surface area contributed by atoms with Crippen molar-refractivity contribution < 1.29 is 8.42 Å². The Morgan fingerprint density at radius 3 is 2.15 bits per heavy atom. The van der Waals surface area contributed by atoms with Crippen molar-refractivity contribution in [3.8, 4) is 0 Å². The van der Waals surface area contributed by atoms with E-state index in [0.717, 1.165) is 18.7 Å². The Morgan fingerprint density at radius 1 is 1.15 bits per heavy atom. The monoisotopic (exact) mass is 298 g/mol. The van der Waals surface area contributed by atoms with Gasteiger partial charge < -0.3 is 5.32 Å². The predicted octanol–water partition coefficient (Wildman–Crippen LogP) is 3.17. The van der Waals surface area contributed by atoms with Gasteiger partial charge in [0, 0.05) is 25.3 Å². The van der Waals surface area contributed by atoms with E-state index in [1.54, 1.807) is 31.3 Å². The zero-order valence-electron chi connectivity index (χ0n) is 13.1. The second-order valence-corrected chi connectivity index (χ2v) is 7.55. The molecule has 1 N–H and O–H groups in total. The summed E-state index contributed by atoms with van der Waals surface area (Å²) in [4.78, 5) is 0.345. The average molecular weight is 298 g/mol. The van der Waals surface area contributed by atoms with Gasteiger partial charge in [-0.2, -0.15) is 4.31 Å². The Kier molecular flexibility index (Phi) is 6.02. The van der Waals surface area contributed by atoms with Crippen LogP contribution in [0.5, 0.6) is 0 Å². The molecule has 0 aliphatic rings. The molecule has 1 aromatic carbocycles. The molecular weight excluding hydrogens is 272 g/mol.